The standard InChI is InChI=1S/C21H19N3O/c1-2-14-24(19-13-12-16-8-6-7-11-18(16)19)15-20-22-23-21(25-20)17-9-4-3-5-10-17/h1,3-11,19H,12-15H2/t19-/m1/s1. The number of terminal acetylenes is 1. The summed E-state index contributed by atoms with van der Waals surface area (Å²) in [4.78, 5) is 2.24. The van der Waals surface area contributed by atoms with Crippen LogP contribution in [0, 0.1) is 12.3 Å². The number of fused-ring (bicyclic) bond motifs is 1. The van der Waals surface area contributed by atoms with Crippen molar-refractivity contribution in [3.63, 3.8) is 0 Å². The zero-order valence-corrected chi connectivity index (χ0v) is 13.9. The number of hydrogen-bond donors (Lipinski definition) is 0. The number of benzene rings is 2. The van der Waals surface area contributed by atoms with E-state index in [9.17, 15) is 0 Å². The van der Waals surface area contributed by atoms with Crippen molar-refractivity contribution >= 4 is 0 Å². The number of rotatable bonds is 5. The molecule has 1 heterocycles. The van der Waals surface area contributed by atoms with Gasteiger partial charge in [-0.1, -0.05) is 48.4 Å². The highest BCUT2D eigenvalue weighted by Crippen LogP contribution is 2.36. The topological polar surface area (TPSA) is 42.2 Å². The predicted molar refractivity (Wildman–Crippen MR) is 96.5 cm³/mol. The smallest absolute Gasteiger partial charge is 0.247 e. The Morgan fingerprint density at radius 2 is 1.88 bits per heavy atom. The molecule has 0 fully saturated rings. The van der Waals surface area contributed by atoms with E-state index in [-0.39, 0.29) is 0 Å². The summed E-state index contributed by atoms with van der Waals surface area (Å²) in [6, 6.07) is 18.7. The summed E-state index contributed by atoms with van der Waals surface area (Å²) in [5, 5.41) is 8.39. The predicted octanol–water partition coefficient (Wildman–Crippen LogP) is 3.86. The van der Waals surface area contributed by atoms with Gasteiger partial charge in [-0.05, 0) is 36.1 Å². The maximum Gasteiger partial charge on any atom is 0.247 e. The summed E-state index contributed by atoms with van der Waals surface area (Å²) in [6.07, 6.45) is 7.76. The van der Waals surface area contributed by atoms with Gasteiger partial charge in [-0.25, -0.2) is 0 Å². The van der Waals surface area contributed by atoms with Crippen LogP contribution >= 0.6 is 0 Å². The van der Waals surface area contributed by atoms with Gasteiger partial charge in [0.15, 0.2) is 0 Å². The van der Waals surface area contributed by atoms with E-state index in [4.69, 9.17) is 10.8 Å². The van der Waals surface area contributed by atoms with Gasteiger partial charge in [0.2, 0.25) is 11.8 Å². The lowest BCUT2D eigenvalue weighted by atomic mass is 10.1. The molecule has 4 heteroatoms. The van der Waals surface area contributed by atoms with Crippen molar-refractivity contribution in [1.82, 2.24) is 15.1 Å². The molecule has 4 rings (SSSR count). The molecule has 1 aliphatic rings. The van der Waals surface area contributed by atoms with E-state index in [1.807, 2.05) is 30.3 Å². The first-order chi connectivity index (χ1) is 12.3. The fourth-order valence-corrected chi connectivity index (χ4v) is 3.50. The van der Waals surface area contributed by atoms with E-state index in [1.54, 1.807) is 0 Å². The first-order valence-corrected chi connectivity index (χ1v) is 8.48. The second-order valence-corrected chi connectivity index (χ2v) is 6.23. The summed E-state index contributed by atoms with van der Waals surface area (Å²) < 4.78 is 5.86. The third-order valence-electron chi connectivity index (χ3n) is 4.66. The summed E-state index contributed by atoms with van der Waals surface area (Å²) in [5.41, 5.74) is 3.70. The van der Waals surface area contributed by atoms with Crippen molar-refractivity contribution in [2.75, 3.05) is 6.54 Å². The molecule has 124 valence electrons. The van der Waals surface area contributed by atoms with Crippen molar-refractivity contribution < 1.29 is 4.42 Å². The lowest BCUT2D eigenvalue weighted by Gasteiger charge is -2.26. The summed E-state index contributed by atoms with van der Waals surface area (Å²) in [5.74, 6) is 3.91. The minimum Gasteiger partial charge on any atom is -0.419 e. The molecule has 0 saturated heterocycles. The van der Waals surface area contributed by atoms with Crippen molar-refractivity contribution in [3.05, 3.63) is 71.6 Å². The van der Waals surface area contributed by atoms with Crippen molar-refractivity contribution in [2.24, 2.45) is 0 Å². The Kier molecular flexibility index (Phi) is 4.32. The Bertz CT molecular complexity index is 895. The molecule has 0 spiro atoms. The van der Waals surface area contributed by atoms with E-state index >= 15 is 0 Å². The molecule has 0 N–H and O–H groups in total. The summed E-state index contributed by atoms with van der Waals surface area (Å²) >= 11 is 0. The molecule has 0 radical (unpaired) electrons. The van der Waals surface area contributed by atoms with Gasteiger partial charge >= 0.3 is 0 Å². The van der Waals surface area contributed by atoms with Crippen LogP contribution in [0.1, 0.15) is 29.5 Å². The fourth-order valence-electron chi connectivity index (χ4n) is 3.50. The van der Waals surface area contributed by atoms with Crippen LogP contribution in [0.4, 0.5) is 0 Å². The van der Waals surface area contributed by atoms with Crippen molar-refractivity contribution in [2.45, 2.75) is 25.4 Å². The minimum absolute atomic E-state index is 0.305. The lowest BCUT2D eigenvalue weighted by molar-refractivity contribution is 0.194. The largest absolute Gasteiger partial charge is 0.419 e. The number of aromatic nitrogens is 2. The van der Waals surface area contributed by atoms with Crippen LogP contribution in [0.3, 0.4) is 0 Å². The molecule has 0 bridgehead atoms. The maximum atomic E-state index is 5.86. The summed E-state index contributed by atoms with van der Waals surface area (Å²) in [6.45, 7) is 1.12. The number of nitrogens with zero attached hydrogens (tertiary/aromatic N) is 3. The maximum absolute atomic E-state index is 5.86. The molecule has 25 heavy (non-hydrogen) atoms. The minimum atomic E-state index is 0.305. The molecule has 0 amide bonds. The first-order valence-electron chi connectivity index (χ1n) is 8.48. The molecule has 4 nitrogen and oxygen atoms in total. The normalized spacial score (nSPS) is 15.9. The van der Waals surface area contributed by atoms with Gasteiger partial charge < -0.3 is 4.42 Å². The molecule has 0 unspecified atom stereocenters. The molecule has 1 aliphatic carbocycles. The first kappa shape index (κ1) is 15.6. The van der Waals surface area contributed by atoms with Crippen LogP contribution in [0.15, 0.2) is 59.0 Å². The number of aryl methyl sites for hydroxylation is 1. The second-order valence-electron chi connectivity index (χ2n) is 6.23. The van der Waals surface area contributed by atoms with Crippen molar-refractivity contribution in [1.29, 1.82) is 0 Å². The summed E-state index contributed by atoms with van der Waals surface area (Å²) in [7, 11) is 0. The third kappa shape index (κ3) is 3.19. The lowest BCUT2D eigenvalue weighted by Crippen LogP contribution is -2.27. The fraction of sp³-hybridized carbons (Fsp3) is 0.238. The van der Waals surface area contributed by atoms with E-state index in [0.717, 1.165) is 18.4 Å². The van der Waals surface area contributed by atoms with Gasteiger partial charge in [0.1, 0.15) is 0 Å². The quantitative estimate of drug-likeness (QED) is 0.667. The monoisotopic (exact) mass is 329 g/mol. The molecule has 2 aromatic carbocycles. The molecule has 0 saturated carbocycles. The van der Waals surface area contributed by atoms with Gasteiger partial charge in [0.05, 0.1) is 13.1 Å². The van der Waals surface area contributed by atoms with Gasteiger partial charge in [-0.15, -0.1) is 16.6 Å². The van der Waals surface area contributed by atoms with Gasteiger partial charge in [0.25, 0.3) is 0 Å². The number of hydrogen-bond acceptors (Lipinski definition) is 4. The SMILES string of the molecule is C#CCN(Cc1nnc(-c2ccccc2)o1)[C@@H]1CCc2ccccc21. The van der Waals surface area contributed by atoms with Crippen LogP contribution in [-0.4, -0.2) is 21.6 Å². The van der Waals surface area contributed by atoms with Gasteiger partial charge in [-0.3, -0.25) is 4.90 Å². The Morgan fingerprint density at radius 3 is 2.72 bits per heavy atom. The molecule has 1 aromatic heterocycles. The average Bonchev–Trinajstić information content (AvgIpc) is 3.29. The zero-order chi connectivity index (χ0) is 17.1. The van der Waals surface area contributed by atoms with E-state index in [1.165, 1.54) is 11.1 Å². The van der Waals surface area contributed by atoms with E-state index in [0.29, 0.717) is 30.9 Å². The second kappa shape index (κ2) is 6.92. The van der Waals surface area contributed by atoms with Crippen molar-refractivity contribution in [3.8, 4) is 23.8 Å². The van der Waals surface area contributed by atoms with Crippen LogP contribution in [0.2, 0.25) is 0 Å². The Hall–Kier alpha value is -2.90. The van der Waals surface area contributed by atoms with Crippen LogP contribution in [0.25, 0.3) is 11.5 Å². The zero-order valence-electron chi connectivity index (χ0n) is 13.9. The highest BCUT2D eigenvalue weighted by Gasteiger charge is 2.28. The van der Waals surface area contributed by atoms with Gasteiger partial charge in [0, 0.05) is 11.6 Å². The van der Waals surface area contributed by atoms with Crippen LogP contribution < -0.4 is 0 Å². The molecular weight excluding hydrogens is 310 g/mol. The highest BCUT2D eigenvalue weighted by molar-refractivity contribution is 5.51. The highest BCUT2D eigenvalue weighted by atomic mass is 16.4. The van der Waals surface area contributed by atoms with Crippen LogP contribution in [-0.2, 0) is 13.0 Å². The average molecular weight is 329 g/mol. The Morgan fingerprint density at radius 1 is 1.08 bits per heavy atom. The molecule has 3 aromatic rings. The van der Waals surface area contributed by atoms with Gasteiger partial charge in [-0.2, -0.15) is 0 Å². The molecular formula is C21H19N3O. The van der Waals surface area contributed by atoms with E-state index in [2.05, 4.69) is 45.3 Å². The van der Waals surface area contributed by atoms with E-state index < -0.39 is 0 Å². The Labute approximate surface area is 147 Å². The molecule has 1 atom stereocenters. The molecule has 0 aliphatic heterocycles. The van der Waals surface area contributed by atoms with Crippen LogP contribution in [0.5, 0.6) is 0 Å². The third-order valence-corrected chi connectivity index (χ3v) is 4.66. The Balaban J connectivity index is 1.56.